The molecule has 128 valence electrons. The van der Waals surface area contributed by atoms with E-state index >= 15 is 0 Å². The van der Waals surface area contributed by atoms with Gasteiger partial charge in [0.15, 0.2) is 0 Å². The molecule has 1 aliphatic carbocycles. The van der Waals surface area contributed by atoms with Gasteiger partial charge in [0.05, 0.1) is 12.2 Å². The number of nitrogens with zero attached hydrogens (tertiary/aromatic N) is 4. The van der Waals surface area contributed by atoms with Crippen LogP contribution >= 0.6 is 0 Å². The van der Waals surface area contributed by atoms with Crippen LogP contribution in [0.25, 0.3) is 0 Å². The van der Waals surface area contributed by atoms with Gasteiger partial charge in [0.1, 0.15) is 5.82 Å². The van der Waals surface area contributed by atoms with E-state index in [0.717, 1.165) is 16.9 Å². The number of carbonyl (C=O) groups excluding carboxylic acids is 1. The largest absolute Gasteiger partial charge is 0.323 e. The second-order valence-corrected chi connectivity index (χ2v) is 6.50. The first-order valence-corrected chi connectivity index (χ1v) is 8.59. The lowest BCUT2D eigenvalue weighted by atomic mass is 10.2. The maximum Gasteiger partial charge on any atom is 0.323 e. The number of amides is 2. The minimum atomic E-state index is -0.0952. The number of anilines is 1. The zero-order valence-electron chi connectivity index (χ0n) is 14.6. The quantitative estimate of drug-likeness (QED) is 0.881. The Labute approximate surface area is 142 Å². The van der Waals surface area contributed by atoms with Crippen LogP contribution in [-0.4, -0.2) is 32.2 Å². The van der Waals surface area contributed by atoms with Gasteiger partial charge in [-0.3, -0.25) is 10.3 Å². The number of aromatic nitrogens is 3. The summed E-state index contributed by atoms with van der Waals surface area (Å²) in [5, 5.41) is 7.54. The molecule has 24 heavy (non-hydrogen) atoms. The molecule has 1 unspecified atom stereocenters. The highest BCUT2D eigenvalue weighted by atomic mass is 16.2. The summed E-state index contributed by atoms with van der Waals surface area (Å²) in [5.74, 6) is 1.49. The van der Waals surface area contributed by atoms with Crippen LogP contribution in [0.4, 0.5) is 10.6 Å². The van der Waals surface area contributed by atoms with Gasteiger partial charge in [-0.25, -0.2) is 9.48 Å². The Bertz CT molecular complexity index is 693. The van der Waals surface area contributed by atoms with Crippen molar-refractivity contribution in [3.8, 4) is 0 Å². The van der Waals surface area contributed by atoms with Crippen molar-refractivity contribution in [2.75, 3.05) is 11.9 Å². The summed E-state index contributed by atoms with van der Waals surface area (Å²) < 4.78 is 1.96. The Morgan fingerprint density at radius 2 is 2.12 bits per heavy atom. The number of hydrogen-bond donors (Lipinski definition) is 1. The first-order chi connectivity index (χ1) is 11.6. The Kier molecular flexibility index (Phi) is 4.83. The zero-order valence-corrected chi connectivity index (χ0v) is 14.6. The fraction of sp³-hybridized carbons (Fsp3) is 0.500. The highest BCUT2D eigenvalue weighted by Gasteiger charge is 2.31. The molecular weight excluding hydrogens is 302 g/mol. The molecule has 3 rings (SSSR count). The first kappa shape index (κ1) is 16.5. The SMILES string of the molecule is CCN(Cc1ccncc1)C(=O)Nc1c(C)cnn1C(C)C1CC1. The maximum absolute atomic E-state index is 12.7. The molecule has 1 N–H and O–H groups in total. The van der Waals surface area contributed by atoms with Crippen LogP contribution in [-0.2, 0) is 6.54 Å². The van der Waals surface area contributed by atoms with E-state index in [9.17, 15) is 4.79 Å². The molecule has 2 amide bonds. The van der Waals surface area contributed by atoms with Crippen molar-refractivity contribution in [2.24, 2.45) is 5.92 Å². The third kappa shape index (κ3) is 3.58. The van der Waals surface area contributed by atoms with Crippen molar-refractivity contribution >= 4 is 11.8 Å². The topological polar surface area (TPSA) is 63.1 Å². The normalized spacial score (nSPS) is 15.1. The Morgan fingerprint density at radius 3 is 2.75 bits per heavy atom. The molecule has 1 atom stereocenters. The highest BCUT2D eigenvalue weighted by molar-refractivity contribution is 5.89. The lowest BCUT2D eigenvalue weighted by molar-refractivity contribution is 0.211. The Hall–Kier alpha value is -2.37. The fourth-order valence-electron chi connectivity index (χ4n) is 2.91. The maximum atomic E-state index is 12.7. The average Bonchev–Trinajstić information content (AvgIpc) is 3.38. The van der Waals surface area contributed by atoms with Crippen LogP contribution in [0.5, 0.6) is 0 Å². The number of carbonyl (C=O) groups is 1. The van der Waals surface area contributed by atoms with Gasteiger partial charge in [-0.15, -0.1) is 0 Å². The number of rotatable bonds is 6. The number of pyridine rings is 1. The van der Waals surface area contributed by atoms with Gasteiger partial charge in [-0.05, 0) is 57.2 Å². The molecule has 6 nitrogen and oxygen atoms in total. The third-order valence-corrected chi connectivity index (χ3v) is 4.69. The van der Waals surface area contributed by atoms with Gasteiger partial charge < -0.3 is 4.90 Å². The van der Waals surface area contributed by atoms with E-state index in [4.69, 9.17) is 0 Å². The van der Waals surface area contributed by atoms with Crippen molar-refractivity contribution in [3.63, 3.8) is 0 Å². The predicted molar refractivity (Wildman–Crippen MR) is 93.7 cm³/mol. The number of urea groups is 1. The molecule has 2 aromatic heterocycles. The number of aryl methyl sites for hydroxylation is 1. The molecule has 0 radical (unpaired) electrons. The van der Waals surface area contributed by atoms with Gasteiger partial charge in [0, 0.05) is 31.0 Å². The van der Waals surface area contributed by atoms with Crippen LogP contribution in [0.3, 0.4) is 0 Å². The van der Waals surface area contributed by atoms with Crippen molar-refractivity contribution in [2.45, 2.75) is 46.2 Å². The van der Waals surface area contributed by atoms with Crippen molar-refractivity contribution < 1.29 is 4.79 Å². The van der Waals surface area contributed by atoms with E-state index in [1.807, 2.05) is 36.9 Å². The van der Waals surface area contributed by atoms with Gasteiger partial charge in [0.2, 0.25) is 0 Å². The van der Waals surface area contributed by atoms with Gasteiger partial charge in [-0.2, -0.15) is 5.10 Å². The molecule has 6 heteroatoms. The molecule has 2 heterocycles. The molecule has 2 aromatic rings. The summed E-state index contributed by atoms with van der Waals surface area (Å²) in [5.41, 5.74) is 2.06. The summed E-state index contributed by atoms with van der Waals surface area (Å²) in [7, 11) is 0. The Morgan fingerprint density at radius 1 is 1.42 bits per heavy atom. The highest BCUT2D eigenvalue weighted by Crippen LogP contribution is 2.40. The van der Waals surface area contributed by atoms with Crippen molar-refractivity contribution in [3.05, 3.63) is 41.9 Å². The second-order valence-electron chi connectivity index (χ2n) is 6.50. The molecule has 1 saturated carbocycles. The molecule has 0 spiro atoms. The molecule has 1 aliphatic rings. The fourth-order valence-corrected chi connectivity index (χ4v) is 2.91. The smallest absolute Gasteiger partial charge is 0.320 e. The van der Waals surface area contributed by atoms with Gasteiger partial charge in [-0.1, -0.05) is 0 Å². The van der Waals surface area contributed by atoms with E-state index < -0.39 is 0 Å². The third-order valence-electron chi connectivity index (χ3n) is 4.69. The standard InChI is InChI=1S/C18H25N5O/c1-4-22(12-15-7-9-19-10-8-15)18(24)21-17-13(2)11-20-23(17)14(3)16-5-6-16/h7-11,14,16H,4-6,12H2,1-3H3,(H,21,24). The van der Waals surface area contributed by atoms with Crippen LogP contribution in [0.15, 0.2) is 30.7 Å². The second kappa shape index (κ2) is 7.03. The Balaban J connectivity index is 1.72. The molecular formula is C18H25N5O. The summed E-state index contributed by atoms with van der Waals surface area (Å²) in [6.45, 7) is 7.35. The van der Waals surface area contributed by atoms with Gasteiger partial charge >= 0.3 is 6.03 Å². The summed E-state index contributed by atoms with van der Waals surface area (Å²) >= 11 is 0. The van der Waals surface area contributed by atoms with E-state index in [-0.39, 0.29) is 6.03 Å². The van der Waals surface area contributed by atoms with E-state index in [1.165, 1.54) is 12.8 Å². The van der Waals surface area contributed by atoms with Crippen molar-refractivity contribution in [1.82, 2.24) is 19.7 Å². The lowest BCUT2D eigenvalue weighted by Gasteiger charge is -2.23. The molecule has 1 fully saturated rings. The number of nitrogens with one attached hydrogen (secondary N) is 1. The van der Waals surface area contributed by atoms with E-state index in [0.29, 0.717) is 25.0 Å². The summed E-state index contributed by atoms with van der Waals surface area (Å²) in [6.07, 6.45) is 7.82. The van der Waals surface area contributed by atoms with Crippen LogP contribution in [0.2, 0.25) is 0 Å². The first-order valence-electron chi connectivity index (χ1n) is 8.59. The minimum absolute atomic E-state index is 0.0952. The van der Waals surface area contributed by atoms with Crippen molar-refractivity contribution in [1.29, 1.82) is 0 Å². The number of hydrogen-bond acceptors (Lipinski definition) is 3. The van der Waals surface area contributed by atoms with Gasteiger partial charge in [0.25, 0.3) is 0 Å². The molecule has 0 aromatic carbocycles. The predicted octanol–water partition coefficient (Wildman–Crippen LogP) is 3.61. The zero-order chi connectivity index (χ0) is 17.1. The summed E-state index contributed by atoms with van der Waals surface area (Å²) in [6, 6.07) is 4.09. The van der Waals surface area contributed by atoms with Crippen LogP contribution < -0.4 is 5.32 Å². The monoisotopic (exact) mass is 327 g/mol. The molecule has 0 bridgehead atoms. The average molecular weight is 327 g/mol. The van der Waals surface area contributed by atoms with E-state index in [2.05, 4.69) is 22.3 Å². The van der Waals surface area contributed by atoms with Crippen LogP contribution in [0.1, 0.15) is 43.9 Å². The van der Waals surface area contributed by atoms with E-state index in [1.54, 1.807) is 17.3 Å². The lowest BCUT2D eigenvalue weighted by Crippen LogP contribution is -2.35. The van der Waals surface area contributed by atoms with Crippen LogP contribution in [0, 0.1) is 12.8 Å². The minimum Gasteiger partial charge on any atom is -0.320 e. The molecule has 0 aliphatic heterocycles. The molecule has 0 saturated heterocycles. The summed E-state index contributed by atoms with van der Waals surface area (Å²) in [4.78, 5) is 18.5.